The SMILES string of the molecule is Oc1c(O)c(O)c(-c2ccc3ccc4c(-c5ccc6c(c5)oc5ccc7c(c56)-c5ccccc5C7(c5ccccc5)c5ccccc5)ccc5ccc2c3c54)c(O)c1O. The fourth-order valence-corrected chi connectivity index (χ4v) is 10.2. The van der Waals surface area contributed by atoms with Gasteiger partial charge < -0.3 is 29.9 Å². The van der Waals surface area contributed by atoms with Gasteiger partial charge in [-0.05, 0) is 101 Å². The Labute approximate surface area is 336 Å². The van der Waals surface area contributed by atoms with Crippen molar-refractivity contribution >= 4 is 54.3 Å². The molecule has 0 bridgehead atoms. The first-order valence-electron chi connectivity index (χ1n) is 19.5. The quantitative estimate of drug-likeness (QED) is 0.0693. The topological polar surface area (TPSA) is 114 Å². The summed E-state index contributed by atoms with van der Waals surface area (Å²) in [7, 11) is 0. The van der Waals surface area contributed by atoms with E-state index in [4.69, 9.17) is 4.42 Å². The van der Waals surface area contributed by atoms with Gasteiger partial charge in [-0.2, -0.15) is 0 Å². The highest BCUT2D eigenvalue weighted by Gasteiger charge is 2.47. The molecule has 12 rings (SSSR count). The van der Waals surface area contributed by atoms with E-state index in [2.05, 4.69) is 140 Å². The lowest BCUT2D eigenvalue weighted by Crippen LogP contribution is -2.28. The van der Waals surface area contributed by atoms with Crippen molar-refractivity contribution in [3.05, 3.63) is 186 Å². The molecule has 5 N–H and O–H groups in total. The first-order valence-corrected chi connectivity index (χ1v) is 19.5. The van der Waals surface area contributed by atoms with Gasteiger partial charge in [0.2, 0.25) is 17.2 Å². The van der Waals surface area contributed by atoms with Crippen LogP contribution in [0.2, 0.25) is 0 Å². The molecule has 0 spiro atoms. The van der Waals surface area contributed by atoms with Crippen LogP contribution in [0.15, 0.2) is 168 Å². The molecule has 11 aromatic rings. The summed E-state index contributed by atoms with van der Waals surface area (Å²) < 4.78 is 6.77. The Bertz CT molecular complexity index is 3480. The predicted octanol–water partition coefficient (Wildman–Crippen LogP) is 12.7. The lowest BCUT2D eigenvalue weighted by Gasteiger charge is -2.33. The van der Waals surface area contributed by atoms with Gasteiger partial charge in [0, 0.05) is 10.8 Å². The van der Waals surface area contributed by atoms with Gasteiger partial charge in [-0.3, -0.25) is 0 Å². The second-order valence-electron chi connectivity index (χ2n) is 15.5. The first-order chi connectivity index (χ1) is 28.9. The molecule has 0 saturated heterocycles. The van der Waals surface area contributed by atoms with E-state index in [1.54, 1.807) is 6.07 Å². The number of fused-ring (bicyclic) bond motifs is 7. The molecular formula is C53H32O6. The zero-order chi connectivity index (χ0) is 39.7. The maximum absolute atomic E-state index is 10.9. The number of rotatable bonds is 4. The predicted molar refractivity (Wildman–Crippen MR) is 234 cm³/mol. The van der Waals surface area contributed by atoms with Gasteiger partial charge in [0.05, 0.1) is 11.0 Å². The van der Waals surface area contributed by atoms with Gasteiger partial charge in [0.25, 0.3) is 0 Å². The molecule has 0 aliphatic heterocycles. The van der Waals surface area contributed by atoms with Gasteiger partial charge in [-0.15, -0.1) is 0 Å². The highest BCUT2D eigenvalue weighted by atomic mass is 16.4. The number of furan rings is 1. The highest BCUT2D eigenvalue weighted by Crippen LogP contribution is 2.59. The molecule has 6 nitrogen and oxygen atoms in total. The van der Waals surface area contributed by atoms with Crippen LogP contribution in [0.3, 0.4) is 0 Å². The van der Waals surface area contributed by atoms with Crippen LogP contribution < -0.4 is 0 Å². The number of benzene rings is 10. The molecule has 1 heterocycles. The Morgan fingerprint density at radius 1 is 0.356 bits per heavy atom. The molecule has 10 aromatic carbocycles. The average Bonchev–Trinajstić information content (AvgIpc) is 3.81. The molecule has 0 amide bonds. The van der Waals surface area contributed by atoms with E-state index < -0.39 is 34.2 Å². The van der Waals surface area contributed by atoms with Crippen LogP contribution in [0.25, 0.3) is 87.6 Å². The van der Waals surface area contributed by atoms with Crippen LogP contribution >= 0.6 is 0 Å². The number of hydrogen-bond acceptors (Lipinski definition) is 6. The van der Waals surface area contributed by atoms with E-state index in [0.29, 0.717) is 10.9 Å². The van der Waals surface area contributed by atoms with Crippen molar-refractivity contribution in [2.75, 3.05) is 0 Å². The summed E-state index contributed by atoms with van der Waals surface area (Å²) in [5.74, 6) is -4.27. The van der Waals surface area contributed by atoms with Crippen LogP contribution in [0.5, 0.6) is 28.7 Å². The molecule has 1 aromatic heterocycles. The maximum atomic E-state index is 10.9. The van der Waals surface area contributed by atoms with Crippen LogP contribution in [0, 0.1) is 0 Å². The van der Waals surface area contributed by atoms with E-state index in [1.807, 2.05) is 18.2 Å². The van der Waals surface area contributed by atoms with Gasteiger partial charge >= 0.3 is 0 Å². The van der Waals surface area contributed by atoms with Crippen molar-refractivity contribution in [2.24, 2.45) is 0 Å². The monoisotopic (exact) mass is 764 g/mol. The van der Waals surface area contributed by atoms with Crippen LogP contribution in [0.4, 0.5) is 0 Å². The largest absolute Gasteiger partial charge is 0.504 e. The van der Waals surface area contributed by atoms with E-state index in [-0.39, 0.29) is 5.56 Å². The van der Waals surface area contributed by atoms with Crippen molar-refractivity contribution in [2.45, 2.75) is 5.41 Å². The Balaban J connectivity index is 1.08. The van der Waals surface area contributed by atoms with E-state index >= 15 is 0 Å². The molecular weight excluding hydrogens is 733 g/mol. The third-order valence-electron chi connectivity index (χ3n) is 12.7. The number of phenolic OH excluding ortho intramolecular Hbond substituents is 5. The second-order valence-corrected chi connectivity index (χ2v) is 15.5. The molecule has 1 aliphatic carbocycles. The van der Waals surface area contributed by atoms with E-state index in [0.717, 1.165) is 60.0 Å². The summed E-state index contributed by atoms with van der Waals surface area (Å²) >= 11 is 0. The third kappa shape index (κ3) is 4.24. The van der Waals surface area contributed by atoms with Crippen molar-refractivity contribution in [3.63, 3.8) is 0 Å². The van der Waals surface area contributed by atoms with Gasteiger partial charge in [0.1, 0.15) is 11.2 Å². The van der Waals surface area contributed by atoms with Crippen molar-refractivity contribution in [1.29, 1.82) is 0 Å². The molecule has 0 unspecified atom stereocenters. The maximum Gasteiger partial charge on any atom is 0.208 e. The van der Waals surface area contributed by atoms with Gasteiger partial charge in [0.15, 0.2) is 11.5 Å². The number of phenols is 5. The van der Waals surface area contributed by atoms with Crippen LogP contribution in [-0.4, -0.2) is 25.5 Å². The molecule has 1 aliphatic rings. The Kier molecular flexibility index (Phi) is 6.63. The molecule has 0 fully saturated rings. The zero-order valence-corrected chi connectivity index (χ0v) is 31.2. The smallest absolute Gasteiger partial charge is 0.208 e. The molecule has 280 valence electrons. The zero-order valence-electron chi connectivity index (χ0n) is 31.2. The second kappa shape index (κ2) is 11.8. The highest BCUT2D eigenvalue weighted by molar-refractivity contribution is 6.28. The average molecular weight is 765 g/mol. The fraction of sp³-hybridized carbons (Fsp3) is 0.0189. The summed E-state index contributed by atoms with van der Waals surface area (Å²) in [6, 6.07) is 57.0. The summed E-state index contributed by atoms with van der Waals surface area (Å²) in [6.07, 6.45) is 0. The summed E-state index contributed by atoms with van der Waals surface area (Å²) in [5, 5.41) is 60.4. The van der Waals surface area contributed by atoms with Gasteiger partial charge in [-0.25, -0.2) is 0 Å². The first kappa shape index (κ1) is 33.2. The number of aromatic hydroxyl groups is 5. The van der Waals surface area contributed by atoms with Gasteiger partial charge in [-0.1, -0.05) is 146 Å². The van der Waals surface area contributed by atoms with Crippen molar-refractivity contribution in [1.82, 2.24) is 0 Å². The lowest BCUT2D eigenvalue weighted by molar-refractivity contribution is 0.330. The van der Waals surface area contributed by atoms with Crippen LogP contribution in [-0.2, 0) is 5.41 Å². The summed E-state index contributed by atoms with van der Waals surface area (Å²) in [5.41, 5.74) is 10.6. The number of hydrogen-bond donors (Lipinski definition) is 5. The third-order valence-corrected chi connectivity index (χ3v) is 12.7. The molecule has 6 heteroatoms. The minimum Gasteiger partial charge on any atom is -0.504 e. The fourth-order valence-electron chi connectivity index (χ4n) is 10.2. The van der Waals surface area contributed by atoms with Crippen molar-refractivity contribution < 1.29 is 29.9 Å². The lowest BCUT2D eigenvalue weighted by atomic mass is 9.67. The Morgan fingerprint density at radius 3 is 1.56 bits per heavy atom. The van der Waals surface area contributed by atoms with Crippen LogP contribution in [0.1, 0.15) is 22.3 Å². The van der Waals surface area contributed by atoms with Crippen molar-refractivity contribution in [3.8, 4) is 62.1 Å². The summed E-state index contributed by atoms with van der Waals surface area (Å²) in [6.45, 7) is 0. The standard InChI is InChI=1S/C53H32O6/c54-48-47(49(55)51(57)52(58)50(48)56)36-23-18-29-16-21-34-33(20-15-28-17-22-35(36)44(29)43(28)34)30-19-24-38-42(27-30)59-41-26-25-40-45(46(38)41)37-13-7-8-14-39(37)53(40,31-9-3-1-4-10-31)32-11-5-2-6-12-32/h1-27,54-58H. The Morgan fingerprint density at radius 2 is 0.898 bits per heavy atom. The molecule has 0 saturated carbocycles. The molecule has 59 heavy (non-hydrogen) atoms. The summed E-state index contributed by atoms with van der Waals surface area (Å²) in [4.78, 5) is 0. The Hall–Kier alpha value is -7.96. The minimum absolute atomic E-state index is 0.176. The van der Waals surface area contributed by atoms with E-state index in [9.17, 15) is 25.5 Å². The molecule has 0 radical (unpaired) electrons. The van der Waals surface area contributed by atoms with E-state index in [1.165, 1.54) is 33.4 Å². The normalized spacial score (nSPS) is 13.2. The molecule has 0 atom stereocenters. The minimum atomic E-state index is -0.991.